The highest BCUT2D eigenvalue weighted by Crippen LogP contribution is 2.60. The topological polar surface area (TPSA) is 20.2 Å². The molecule has 0 spiro atoms. The summed E-state index contributed by atoms with van der Waals surface area (Å²) >= 11 is 0. The van der Waals surface area contributed by atoms with Crippen LogP contribution >= 0.6 is 0 Å². The third-order valence-corrected chi connectivity index (χ3v) is 6.24. The van der Waals surface area contributed by atoms with Gasteiger partial charge in [-0.15, -0.1) is 0 Å². The van der Waals surface area contributed by atoms with Gasteiger partial charge in [-0.3, -0.25) is 0 Å². The van der Waals surface area contributed by atoms with Crippen LogP contribution in [0.2, 0.25) is 0 Å². The van der Waals surface area contributed by atoms with Gasteiger partial charge in [0.15, 0.2) is 0 Å². The Morgan fingerprint density at radius 3 is 3.00 bits per heavy atom. The number of aromatic hydroxyl groups is 1. The van der Waals surface area contributed by atoms with Crippen LogP contribution in [0.15, 0.2) is 18.2 Å². The van der Waals surface area contributed by atoms with E-state index in [9.17, 15) is 5.11 Å². The number of phenolic OH excluding ortho intramolecular Hbond substituents is 1. The Balaban J connectivity index is 1.72. The van der Waals surface area contributed by atoms with E-state index in [1.807, 2.05) is 12.1 Å². The zero-order valence-corrected chi connectivity index (χ0v) is 11.7. The summed E-state index contributed by atoms with van der Waals surface area (Å²) in [6.07, 6.45) is 10.5. The molecule has 0 amide bonds. The molecule has 1 aromatic carbocycles. The summed E-state index contributed by atoms with van der Waals surface area (Å²) in [5.41, 5.74) is 3.48. The number of phenols is 1. The first-order valence-corrected chi connectivity index (χ1v) is 7.83. The van der Waals surface area contributed by atoms with Crippen molar-refractivity contribution in [2.45, 2.75) is 51.4 Å². The molecule has 1 heteroatoms. The molecule has 4 atom stereocenters. The molecule has 101 valence electrons. The molecule has 3 aliphatic rings. The van der Waals surface area contributed by atoms with Crippen LogP contribution in [0, 0.1) is 23.7 Å². The van der Waals surface area contributed by atoms with Crippen molar-refractivity contribution in [2.75, 3.05) is 0 Å². The molecule has 1 radical (unpaired) electrons. The second-order valence-corrected chi connectivity index (χ2v) is 7.12. The van der Waals surface area contributed by atoms with Crippen molar-refractivity contribution in [1.82, 2.24) is 0 Å². The van der Waals surface area contributed by atoms with Crippen molar-refractivity contribution < 1.29 is 5.11 Å². The summed E-state index contributed by atoms with van der Waals surface area (Å²) in [7, 11) is 0. The molecular formula is C18H23O. The lowest BCUT2D eigenvalue weighted by molar-refractivity contribution is 0.0795. The van der Waals surface area contributed by atoms with Gasteiger partial charge in [0.25, 0.3) is 0 Å². The molecule has 1 nitrogen and oxygen atoms in total. The fourth-order valence-corrected chi connectivity index (χ4v) is 5.31. The van der Waals surface area contributed by atoms with E-state index >= 15 is 0 Å². The zero-order chi connectivity index (χ0) is 13.0. The van der Waals surface area contributed by atoms with Gasteiger partial charge in [-0.25, -0.2) is 0 Å². The molecular weight excluding hydrogens is 232 g/mol. The highest BCUT2D eigenvalue weighted by molar-refractivity contribution is 5.40. The normalized spacial score (nSPS) is 40.4. The van der Waals surface area contributed by atoms with Crippen molar-refractivity contribution in [1.29, 1.82) is 0 Å². The van der Waals surface area contributed by atoms with Crippen LogP contribution in [0.4, 0.5) is 0 Å². The van der Waals surface area contributed by atoms with Gasteiger partial charge in [0.1, 0.15) is 5.75 Å². The van der Waals surface area contributed by atoms with Crippen molar-refractivity contribution in [2.24, 2.45) is 17.3 Å². The van der Waals surface area contributed by atoms with E-state index in [2.05, 4.69) is 19.4 Å². The summed E-state index contributed by atoms with van der Waals surface area (Å²) in [5.74, 6) is 2.99. The average molecular weight is 255 g/mol. The lowest BCUT2D eigenvalue weighted by atomic mass is 9.56. The number of hydrogen-bond donors (Lipinski definition) is 1. The third-order valence-electron chi connectivity index (χ3n) is 6.24. The SMILES string of the molecule is C[C@@]12[CH]CC[C@H]1[C@@H]1CCc3cc(O)ccc3[C@H]1CC2. The minimum absolute atomic E-state index is 0.437. The highest BCUT2D eigenvalue weighted by Gasteiger charge is 2.50. The Morgan fingerprint density at radius 2 is 2.11 bits per heavy atom. The van der Waals surface area contributed by atoms with Crippen LogP contribution in [0.5, 0.6) is 5.75 Å². The van der Waals surface area contributed by atoms with Gasteiger partial charge in [0.05, 0.1) is 0 Å². The molecule has 0 unspecified atom stereocenters. The van der Waals surface area contributed by atoms with Gasteiger partial charge in [0.2, 0.25) is 0 Å². The predicted molar refractivity (Wildman–Crippen MR) is 77.0 cm³/mol. The second kappa shape index (κ2) is 4.01. The first-order valence-electron chi connectivity index (χ1n) is 7.83. The summed E-state index contributed by atoms with van der Waals surface area (Å²) in [6.45, 7) is 2.49. The number of fused-ring (bicyclic) bond motifs is 5. The average Bonchev–Trinajstić information content (AvgIpc) is 2.79. The van der Waals surface area contributed by atoms with Gasteiger partial charge in [-0.1, -0.05) is 13.0 Å². The zero-order valence-electron chi connectivity index (χ0n) is 11.7. The molecule has 0 heterocycles. The maximum absolute atomic E-state index is 9.67. The van der Waals surface area contributed by atoms with Gasteiger partial charge < -0.3 is 5.11 Å². The molecule has 19 heavy (non-hydrogen) atoms. The lowest BCUT2D eigenvalue weighted by Crippen LogP contribution is -2.39. The van der Waals surface area contributed by atoms with E-state index in [-0.39, 0.29) is 0 Å². The fourth-order valence-electron chi connectivity index (χ4n) is 5.31. The van der Waals surface area contributed by atoms with Crippen molar-refractivity contribution in [3.63, 3.8) is 0 Å². The molecule has 0 bridgehead atoms. The fraction of sp³-hybridized carbons (Fsp3) is 0.611. The second-order valence-electron chi connectivity index (χ2n) is 7.12. The van der Waals surface area contributed by atoms with Gasteiger partial charge in [-0.2, -0.15) is 0 Å². The Labute approximate surface area is 116 Å². The summed E-state index contributed by atoms with van der Waals surface area (Å²) in [6, 6.07) is 6.08. The third kappa shape index (κ3) is 1.67. The van der Waals surface area contributed by atoms with E-state index < -0.39 is 0 Å². The summed E-state index contributed by atoms with van der Waals surface area (Å²) in [4.78, 5) is 0. The number of hydrogen-bond acceptors (Lipinski definition) is 1. The van der Waals surface area contributed by atoms with Crippen molar-refractivity contribution >= 4 is 0 Å². The van der Waals surface area contributed by atoms with Crippen LogP contribution in [0.3, 0.4) is 0 Å². The number of aryl methyl sites for hydroxylation is 1. The number of rotatable bonds is 0. The molecule has 2 fully saturated rings. The van der Waals surface area contributed by atoms with Crippen LogP contribution in [-0.4, -0.2) is 5.11 Å². The maximum Gasteiger partial charge on any atom is 0.115 e. The molecule has 0 aromatic heterocycles. The Morgan fingerprint density at radius 1 is 1.21 bits per heavy atom. The standard InChI is InChI=1S/C18H23O/c1-18-9-2-3-17(18)16-6-4-12-11-13(19)5-7-14(12)15(16)8-10-18/h5,7,9,11,15-17,19H,2-4,6,8,10H2,1H3/t15-,16-,17+,18+/m1/s1. The molecule has 0 saturated heterocycles. The van der Waals surface area contributed by atoms with Gasteiger partial charge >= 0.3 is 0 Å². The Hall–Kier alpha value is -0.980. The summed E-state index contributed by atoms with van der Waals surface area (Å²) in [5, 5.41) is 9.67. The molecule has 1 N–H and O–H groups in total. The molecule has 1 aromatic rings. The van der Waals surface area contributed by atoms with Crippen molar-refractivity contribution in [3.05, 3.63) is 35.7 Å². The molecule has 4 rings (SSSR count). The minimum Gasteiger partial charge on any atom is -0.508 e. The molecule has 3 aliphatic carbocycles. The van der Waals surface area contributed by atoms with Gasteiger partial charge in [0, 0.05) is 0 Å². The smallest absolute Gasteiger partial charge is 0.115 e. The van der Waals surface area contributed by atoms with Crippen LogP contribution in [-0.2, 0) is 6.42 Å². The van der Waals surface area contributed by atoms with E-state index in [1.165, 1.54) is 37.7 Å². The van der Waals surface area contributed by atoms with E-state index in [0.29, 0.717) is 11.2 Å². The lowest BCUT2D eigenvalue weighted by Gasteiger charge is -2.49. The first kappa shape index (κ1) is 11.8. The minimum atomic E-state index is 0.437. The Bertz CT molecular complexity index is 506. The maximum atomic E-state index is 9.67. The predicted octanol–water partition coefficient (Wildman–Crippen LogP) is 4.45. The monoisotopic (exact) mass is 255 g/mol. The van der Waals surface area contributed by atoms with Crippen LogP contribution < -0.4 is 0 Å². The van der Waals surface area contributed by atoms with E-state index in [1.54, 1.807) is 5.56 Å². The van der Waals surface area contributed by atoms with Crippen LogP contribution in [0.25, 0.3) is 0 Å². The Kier molecular flexibility index (Phi) is 2.49. The quantitative estimate of drug-likeness (QED) is 0.726. The van der Waals surface area contributed by atoms with Crippen LogP contribution in [0.1, 0.15) is 56.1 Å². The van der Waals surface area contributed by atoms with Crippen molar-refractivity contribution in [3.8, 4) is 5.75 Å². The first-order chi connectivity index (χ1) is 9.17. The largest absolute Gasteiger partial charge is 0.508 e. The summed E-state index contributed by atoms with van der Waals surface area (Å²) < 4.78 is 0. The van der Waals surface area contributed by atoms with E-state index in [0.717, 1.165) is 24.2 Å². The van der Waals surface area contributed by atoms with Gasteiger partial charge in [-0.05, 0) is 91.4 Å². The molecule has 2 saturated carbocycles. The highest BCUT2D eigenvalue weighted by atomic mass is 16.3. The van der Waals surface area contributed by atoms with E-state index in [4.69, 9.17) is 0 Å². The number of benzene rings is 1. The molecule has 0 aliphatic heterocycles.